The highest BCUT2D eigenvalue weighted by atomic mass is 32.1. The summed E-state index contributed by atoms with van der Waals surface area (Å²) in [6, 6.07) is 4.45. The van der Waals surface area contributed by atoms with Gasteiger partial charge in [0.1, 0.15) is 13.2 Å². The van der Waals surface area contributed by atoms with Crippen LogP contribution in [0.25, 0.3) is 9.75 Å². The summed E-state index contributed by atoms with van der Waals surface area (Å²) in [4.78, 5) is 5.26. The number of thiophene rings is 2. The Hall–Kier alpha value is -1.00. The molecule has 0 atom stereocenters. The van der Waals surface area contributed by atoms with Crippen LogP contribution in [-0.4, -0.2) is 13.2 Å². The minimum absolute atomic E-state index is 0.466. The van der Waals surface area contributed by atoms with Crippen molar-refractivity contribution in [1.29, 1.82) is 0 Å². The summed E-state index contributed by atoms with van der Waals surface area (Å²) in [5.41, 5.74) is 0. The van der Waals surface area contributed by atoms with Gasteiger partial charge in [-0.25, -0.2) is 0 Å². The average molecular weight is 308 g/mol. The first-order valence-electron chi connectivity index (χ1n) is 7.10. The van der Waals surface area contributed by atoms with E-state index < -0.39 is 0 Å². The van der Waals surface area contributed by atoms with Crippen LogP contribution in [0.2, 0.25) is 0 Å². The van der Waals surface area contributed by atoms with Gasteiger partial charge in [-0.3, -0.25) is 0 Å². The van der Waals surface area contributed by atoms with Gasteiger partial charge in [0.2, 0.25) is 0 Å². The zero-order valence-electron chi connectivity index (χ0n) is 12.4. The van der Waals surface area contributed by atoms with Gasteiger partial charge in [0.25, 0.3) is 0 Å². The Morgan fingerprint density at radius 3 is 2.20 bits per heavy atom. The van der Waals surface area contributed by atoms with Crippen LogP contribution in [0.3, 0.4) is 0 Å². The van der Waals surface area contributed by atoms with Gasteiger partial charge in [-0.1, -0.05) is 27.7 Å². The highest BCUT2D eigenvalue weighted by Crippen LogP contribution is 2.53. The van der Waals surface area contributed by atoms with Crippen LogP contribution in [0.5, 0.6) is 11.5 Å². The molecule has 3 heterocycles. The molecule has 0 fully saturated rings. The molecule has 0 spiro atoms. The lowest BCUT2D eigenvalue weighted by atomic mass is 10.1. The molecule has 4 heteroatoms. The van der Waals surface area contributed by atoms with Crippen LogP contribution >= 0.6 is 22.7 Å². The molecule has 2 nitrogen and oxygen atoms in total. The fraction of sp³-hybridized carbons (Fsp3) is 0.500. The Kier molecular flexibility index (Phi) is 3.78. The average Bonchev–Trinajstić information content (AvgIpc) is 3.02. The molecule has 0 aliphatic carbocycles. The van der Waals surface area contributed by atoms with Gasteiger partial charge in [0, 0.05) is 9.75 Å². The molecule has 0 aromatic carbocycles. The molecule has 0 amide bonds. The smallest absolute Gasteiger partial charge is 0.181 e. The lowest BCUT2D eigenvalue weighted by Crippen LogP contribution is -2.15. The minimum Gasteiger partial charge on any atom is -0.485 e. The van der Waals surface area contributed by atoms with E-state index in [1.165, 1.54) is 19.5 Å². The first-order chi connectivity index (χ1) is 9.58. The third kappa shape index (κ3) is 2.35. The van der Waals surface area contributed by atoms with Gasteiger partial charge in [-0.2, -0.15) is 0 Å². The highest BCUT2D eigenvalue weighted by Gasteiger charge is 2.27. The van der Waals surface area contributed by atoms with Gasteiger partial charge in [-0.15, -0.1) is 22.7 Å². The predicted octanol–water partition coefficient (Wildman–Crippen LogP) is 5.49. The summed E-state index contributed by atoms with van der Waals surface area (Å²) in [5, 5.41) is 0. The van der Waals surface area contributed by atoms with Gasteiger partial charge < -0.3 is 9.47 Å². The van der Waals surface area contributed by atoms with Crippen molar-refractivity contribution in [3.8, 4) is 21.3 Å². The molecule has 2 aromatic rings. The Labute approximate surface area is 128 Å². The number of hydrogen-bond acceptors (Lipinski definition) is 4. The van der Waals surface area contributed by atoms with E-state index in [0.29, 0.717) is 25.0 Å². The second-order valence-corrected chi connectivity index (χ2v) is 7.83. The Bertz CT molecular complexity index is 608. The molecule has 2 aromatic heterocycles. The molecule has 0 unspecified atom stereocenters. The third-order valence-corrected chi connectivity index (χ3v) is 6.39. The van der Waals surface area contributed by atoms with E-state index >= 15 is 0 Å². The minimum atomic E-state index is 0.466. The zero-order chi connectivity index (χ0) is 14.3. The van der Waals surface area contributed by atoms with Crippen LogP contribution in [0.4, 0.5) is 0 Å². The largest absolute Gasteiger partial charge is 0.485 e. The van der Waals surface area contributed by atoms with Crippen LogP contribution in [0, 0.1) is 0 Å². The van der Waals surface area contributed by atoms with Crippen LogP contribution in [0.15, 0.2) is 12.1 Å². The van der Waals surface area contributed by atoms with Crippen molar-refractivity contribution in [2.45, 2.75) is 39.5 Å². The molecule has 1 aliphatic heterocycles. The normalized spacial score (nSPS) is 14.3. The van der Waals surface area contributed by atoms with Crippen molar-refractivity contribution in [3.05, 3.63) is 21.9 Å². The van der Waals surface area contributed by atoms with E-state index in [9.17, 15) is 0 Å². The van der Waals surface area contributed by atoms with E-state index in [1.54, 1.807) is 0 Å². The molecule has 0 saturated carbocycles. The maximum Gasteiger partial charge on any atom is 0.181 e. The van der Waals surface area contributed by atoms with E-state index in [-0.39, 0.29) is 0 Å². The number of rotatable bonds is 3. The molecular formula is C16H20O2S2. The first kappa shape index (κ1) is 14.0. The van der Waals surface area contributed by atoms with Crippen LogP contribution < -0.4 is 9.47 Å². The number of fused-ring (bicyclic) bond motifs is 1. The van der Waals surface area contributed by atoms with Gasteiger partial charge >= 0.3 is 0 Å². The summed E-state index contributed by atoms with van der Waals surface area (Å²) in [6.45, 7) is 10.2. The second-order valence-electron chi connectivity index (χ2n) is 5.66. The Balaban J connectivity index is 2.08. The zero-order valence-corrected chi connectivity index (χ0v) is 14.0. The summed E-state index contributed by atoms with van der Waals surface area (Å²) in [7, 11) is 0. The van der Waals surface area contributed by atoms with Gasteiger partial charge in [0.05, 0.1) is 9.75 Å². The number of ether oxygens (including phenoxy) is 2. The summed E-state index contributed by atoms with van der Waals surface area (Å²) in [6.07, 6.45) is 0. The van der Waals surface area contributed by atoms with Crippen molar-refractivity contribution >= 4 is 22.7 Å². The lowest BCUT2D eigenvalue weighted by Gasteiger charge is -2.17. The molecule has 108 valence electrons. The summed E-state index contributed by atoms with van der Waals surface area (Å²) < 4.78 is 11.8. The van der Waals surface area contributed by atoms with Crippen molar-refractivity contribution < 1.29 is 9.47 Å². The molecule has 1 aliphatic rings. The molecule has 3 rings (SSSR count). The summed E-state index contributed by atoms with van der Waals surface area (Å²) >= 11 is 3.69. The maximum absolute atomic E-state index is 5.90. The quantitative estimate of drug-likeness (QED) is 0.746. The highest BCUT2D eigenvalue weighted by molar-refractivity contribution is 7.22. The summed E-state index contributed by atoms with van der Waals surface area (Å²) in [5.74, 6) is 2.98. The fourth-order valence-electron chi connectivity index (χ4n) is 2.30. The monoisotopic (exact) mass is 308 g/mol. The van der Waals surface area contributed by atoms with E-state index in [2.05, 4.69) is 39.8 Å². The van der Waals surface area contributed by atoms with Gasteiger partial charge in [0.15, 0.2) is 11.5 Å². The molecule has 20 heavy (non-hydrogen) atoms. The van der Waals surface area contributed by atoms with E-state index in [0.717, 1.165) is 11.5 Å². The standard InChI is InChI=1S/C16H20O2S2/c1-9(2)11-5-6-12(19-11)16-14-13(17-7-8-18-14)15(20-16)10(3)4/h5-6,9-10H,7-8H2,1-4H3. The van der Waals surface area contributed by atoms with Crippen LogP contribution in [0.1, 0.15) is 49.3 Å². The predicted molar refractivity (Wildman–Crippen MR) is 86.8 cm³/mol. The van der Waals surface area contributed by atoms with Crippen molar-refractivity contribution in [2.75, 3.05) is 13.2 Å². The van der Waals surface area contributed by atoms with E-state index in [4.69, 9.17) is 9.47 Å². The van der Waals surface area contributed by atoms with Crippen molar-refractivity contribution in [3.63, 3.8) is 0 Å². The maximum atomic E-state index is 5.90. The SMILES string of the molecule is CC(C)c1ccc(-c2sc(C(C)C)c3c2OCCO3)s1. The van der Waals surface area contributed by atoms with Crippen molar-refractivity contribution in [1.82, 2.24) is 0 Å². The topological polar surface area (TPSA) is 18.5 Å². The molecule has 0 radical (unpaired) electrons. The second kappa shape index (κ2) is 5.41. The molecular weight excluding hydrogens is 288 g/mol. The van der Waals surface area contributed by atoms with Crippen LogP contribution in [-0.2, 0) is 0 Å². The Morgan fingerprint density at radius 1 is 0.900 bits per heavy atom. The molecule has 0 bridgehead atoms. The molecule has 0 N–H and O–H groups in total. The first-order valence-corrected chi connectivity index (χ1v) is 8.73. The van der Waals surface area contributed by atoms with Crippen molar-refractivity contribution in [2.24, 2.45) is 0 Å². The van der Waals surface area contributed by atoms with Gasteiger partial charge in [-0.05, 0) is 24.0 Å². The number of hydrogen-bond donors (Lipinski definition) is 0. The lowest BCUT2D eigenvalue weighted by molar-refractivity contribution is 0.172. The van der Waals surface area contributed by atoms with E-state index in [1.807, 2.05) is 22.7 Å². The molecule has 0 saturated heterocycles. The fourth-order valence-corrected chi connectivity index (χ4v) is 4.61. The Morgan fingerprint density at radius 2 is 1.60 bits per heavy atom. The third-order valence-electron chi connectivity index (χ3n) is 3.37.